The minimum atomic E-state index is -0.0637. The molecule has 0 fully saturated rings. The van der Waals surface area contributed by atoms with Crippen LogP contribution in [0, 0.1) is 12.7 Å². The number of halogens is 1. The van der Waals surface area contributed by atoms with E-state index in [-0.39, 0.29) is 11.9 Å². The molecule has 17 heavy (non-hydrogen) atoms. The molecule has 0 radical (unpaired) electrons. The van der Waals surface area contributed by atoms with Crippen LogP contribution in [-0.2, 0) is 0 Å². The van der Waals surface area contributed by atoms with Crippen LogP contribution in [0.1, 0.15) is 43.4 Å². The number of allylic oxidation sites excluding steroid dienone is 1. The van der Waals surface area contributed by atoms with Crippen LogP contribution in [0.25, 0.3) is 0 Å². The van der Waals surface area contributed by atoms with Crippen LogP contribution in [0.4, 0.5) is 4.39 Å². The maximum absolute atomic E-state index is 14.2. The van der Waals surface area contributed by atoms with E-state index in [0.29, 0.717) is 0 Å². The fourth-order valence-electron chi connectivity index (χ4n) is 2.50. The van der Waals surface area contributed by atoms with Crippen molar-refractivity contribution in [1.29, 1.82) is 0 Å². The highest BCUT2D eigenvalue weighted by molar-refractivity contribution is 5.34. The summed E-state index contributed by atoms with van der Waals surface area (Å²) in [6.07, 6.45) is 5.68. The van der Waals surface area contributed by atoms with Gasteiger partial charge in [-0.15, -0.1) is 0 Å². The number of benzene rings is 1. The van der Waals surface area contributed by atoms with Gasteiger partial charge in [0.05, 0.1) is 6.04 Å². The van der Waals surface area contributed by atoms with Crippen LogP contribution < -0.4 is 5.32 Å². The summed E-state index contributed by atoms with van der Waals surface area (Å²) in [4.78, 5) is 0. The lowest BCUT2D eigenvalue weighted by atomic mass is 9.96. The van der Waals surface area contributed by atoms with Crippen molar-refractivity contribution < 1.29 is 4.39 Å². The zero-order valence-electron chi connectivity index (χ0n) is 10.6. The van der Waals surface area contributed by atoms with Gasteiger partial charge in [-0.2, -0.15) is 0 Å². The Morgan fingerprint density at radius 1 is 1.41 bits per heavy atom. The summed E-state index contributed by atoms with van der Waals surface area (Å²) in [6, 6.07) is 5.72. The largest absolute Gasteiger partial charge is 0.307 e. The average Bonchev–Trinajstić information content (AvgIpc) is 2.84. The van der Waals surface area contributed by atoms with Crippen LogP contribution >= 0.6 is 0 Å². The summed E-state index contributed by atoms with van der Waals surface area (Å²) in [5.41, 5.74) is 2.86. The molecule has 1 aliphatic rings. The summed E-state index contributed by atoms with van der Waals surface area (Å²) in [7, 11) is 0. The Kier molecular flexibility index (Phi) is 3.95. The predicted molar refractivity (Wildman–Crippen MR) is 69.5 cm³/mol. The molecule has 1 aromatic rings. The Labute approximate surface area is 103 Å². The maximum atomic E-state index is 14.2. The quantitative estimate of drug-likeness (QED) is 0.778. The normalized spacial score (nSPS) is 17.0. The molecule has 0 saturated carbocycles. The molecule has 0 saturated heterocycles. The van der Waals surface area contributed by atoms with Gasteiger partial charge in [0.25, 0.3) is 0 Å². The first kappa shape index (κ1) is 12.3. The minimum absolute atomic E-state index is 0.0578. The molecule has 1 aromatic carbocycles. The van der Waals surface area contributed by atoms with E-state index in [1.54, 1.807) is 0 Å². The Bertz CT molecular complexity index is 423. The Balaban J connectivity index is 2.35. The average molecular weight is 233 g/mol. The molecule has 0 heterocycles. The molecule has 0 aromatic heterocycles. The first-order valence-electron chi connectivity index (χ1n) is 6.41. The first-order valence-corrected chi connectivity index (χ1v) is 6.41. The van der Waals surface area contributed by atoms with E-state index >= 15 is 0 Å². The lowest BCUT2D eigenvalue weighted by Gasteiger charge is -2.21. The van der Waals surface area contributed by atoms with E-state index in [0.717, 1.165) is 30.5 Å². The van der Waals surface area contributed by atoms with Gasteiger partial charge in [-0.3, -0.25) is 0 Å². The second kappa shape index (κ2) is 5.46. The SMILES string of the molecule is CCNC(C1=CCCC1)c1cccc(C)c1F. The zero-order chi connectivity index (χ0) is 12.3. The van der Waals surface area contributed by atoms with Crippen LogP contribution in [0.15, 0.2) is 29.8 Å². The highest BCUT2D eigenvalue weighted by Crippen LogP contribution is 2.32. The summed E-state index contributed by atoms with van der Waals surface area (Å²) in [6.45, 7) is 4.75. The van der Waals surface area contributed by atoms with E-state index in [2.05, 4.69) is 18.3 Å². The molecule has 0 bridgehead atoms. The van der Waals surface area contributed by atoms with Gasteiger partial charge in [0.1, 0.15) is 5.82 Å². The third-order valence-electron chi connectivity index (χ3n) is 3.39. The highest BCUT2D eigenvalue weighted by atomic mass is 19.1. The second-order valence-corrected chi connectivity index (χ2v) is 4.64. The van der Waals surface area contributed by atoms with Gasteiger partial charge in [0.15, 0.2) is 0 Å². The number of nitrogens with one attached hydrogen (secondary N) is 1. The summed E-state index contributed by atoms with van der Waals surface area (Å²) in [5.74, 6) is -0.0637. The van der Waals surface area contributed by atoms with Crippen LogP contribution in [0.5, 0.6) is 0 Å². The summed E-state index contributed by atoms with van der Waals surface area (Å²) < 4.78 is 14.2. The molecular weight excluding hydrogens is 213 g/mol. The third-order valence-corrected chi connectivity index (χ3v) is 3.39. The van der Waals surface area contributed by atoms with Gasteiger partial charge in [0, 0.05) is 5.56 Å². The lowest BCUT2D eigenvalue weighted by Crippen LogP contribution is -2.23. The third kappa shape index (κ3) is 2.58. The molecule has 1 aliphatic carbocycles. The van der Waals surface area contributed by atoms with Gasteiger partial charge >= 0.3 is 0 Å². The fourth-order valence-corrected chi connectivity index (χ4v) is 2.50. The standard InChI is InChI=1S/C15H20FN/c1-3-17-15(12-8-4-5-9-12)13-10-6-7-11(2)14(13)16/h6-8,10,15,17H,3-5,9H2,1-2H3. The molecule has 1 unspecified atom stereocenters. The molecular formula is C15H20FN. The van der Waals surface area contributed by atoms with Crippen molar-refractivity contribution >= 4 is 0 Å². The van der Waals surface area contributed by atoms with Crippen LogP contribution in [0.3, 0.4) is 0 Å². The molecule has 1 N–H and O–H groups in total. The Hall–Kier alpha value is -1.15. The number of rotatable bonds is 4. The van der Waals surface area contributed by atoms with Crippen molar-refractivity contribution in [2.45, 2.75) is 39.2 Å². The Morgan fingerprint density at radius 2 is 2.24 bits per heavy atom. The zero-order valence-corrected chi connectivity index (χ0v) is 10.6. The van der Waals surface area contributed by atoms with Crippen LogP contribution in [0.2, 0.25) is 0 Å². The van der Waals surface area contributed by atoms with E-state index in [1.165, 1.54) is 12.0 Å². The summed E-state index contributed by atoms with van der Waals surface area (Å²) >= 11 is 0. The minimum Gasteiger partial charge on any atom is -0.307 e. The topological polar surface area (TPSA) is 12.0 Å². The second-order valence-electron chi connectivity index (χ2n) is 4.64. The first-order chi connectivity index (χ1) is 8.24. The molecule has 1 nitrogen and oxygen atoms in total. The molecule has 0 aliphatic heterocycles. The van der Waals surface area contributed by atoms with E-state index in [9.17, 15) is 4.39 Å². The lowest BCUT2D eigenvalue weighted by molar-refractivity contribution is 0.542. The number of hydrogen-bond donors (Lipinski definition) is 1. The monoisotopic (exact) mass is 233 g/mol. The van der Waals surface area contributed by atoms with Crippen molar-refractivity contribution in [3.8, 4) is 0 Å². The van der Waals surface area contributed by atoms with Crippen molar-refractivity contribution in [1.82, 2.24) is 5.32 Å². The number of likely N-dealkylation sites (N-methyl/N-ethyl adjacent to an activating group) is 1. The van der Waals surface area contributed by atoms with E-state index in [1.807, 2.05) is 25.1 Å². The van der Waals surface area contributed by atoms with E-state index in [4.69, 9.17) is 0 Å². The Morgan fingerprint density at radius 3 is 2.88 bits per heavy atom. The van der Waals surface area contributed by atoms with Gasteiger partial charge in [0.2, 0.25) is 0 Å². The molecule has 0 amide bonds. The van der Waals surface area contributed by atoms with Gasteiger partial charge in [-0.05, 0) is 38.3 Å². The van der Waals surface area contributed by atoms with Crippen molar-refractivity contribution in [3.05, 3.63) is 46.8 Å². The molecule has 0 spiro atoms. The van der Waals surface area contributed by atoms with E-state index < -0.39 is 0 Å². The molecule has 1 atom stereocenters. The predicted octanol–water partition coefficient (Wildman–Crippen LogP) is 3.90. The maximum Gasteiger partial charge on any atom is 0.131 e. The summed E-state index contributed by atoms with van der Waals surface area (Å²) in [5, 5.41) is 3.40. The molecule has 2 rings (SSSR count). The van der Waals surface area contributed by atoms with Gasteiger partial charge in [-0.1, -0.05) is 36.8 Å². The van der Waals surface area contributed by atoms with Crippen molar-refractivity contribution in [2.24, 2.45) is 0 Å². The van der Waals surface area contributed by atoms with Crippen molar-refractivity contribution in [3.63, 3.8) is 0 Å². The number of hydrogen-bond acceptors (Lipinski definition) is 1. The van der Waals surface area contributed by atoms with Gasteiger partial charge in [-0.25, -0.2) is 4.39 Å². The van der Waals surface area contributed by atoms with Gasteiger partial charge < -0.3 is 5.32 Å². The van der Waals surface area contributed by atoms with Crippen LogP contribution in [-0.4, -0.2) is 6.54 Å². The molecule has 2 heteroatoms. The number of aryl methyl sites for hydroxylation is 1. The fraction of sp³-hybridized carbons (Fsp3) is 0.467. The molecule has 92 valence electrons. The highest BCUT2D eigenvalue weighted by Gasteiger charge is 2.21. The smallest absolute Gasteiger partial charge is 0.131 e. The van der Waals surface area contributed by atoms with Crippen molar-refractivity contribution in [2.75, 3.05) is 6.54 Å².